The van der Waals surface area contributed by atoms with Crippen LogP contribution in [0.5, 0.6) is 5.75 Å². The minimum atomic E-state index is 0.0709. The number of allylic oxidation sites excluding steroid dienone is 1. The van der Waals surface area contributed by atoms with Gasteiger partial charge in [-0.15, -0.1) is 0 Å². The van der Waals surface area contributed by atoms with Crippen LogP contribution in [0, 0.1) is 0 Å². The zero-order valence-electron chi connectivity index (χ0n) is 9.86. The standard InChI is InChI=1S/C13H17NO2/c1-4-13(14)11-5-10(8-15)6-12(7-11)16-9(2)3/h4-9H,14H2,1-3H3/b13-4-. The maximum absolute atomic E-state index is 10.8. The van der Waals surface area contributed by atoms with E-state index in [1.165, 1.54) is 0 Å². The summed E-state index contributed by atoms with van der Waals surface area (Å²) in [5.41, 5.74) is 7.82. The molecule has 0 unspecified atom stereocenters. The lowest BCUT2D eigenvalue weighted by Crippen LogP contribution is -2.07. The van der Waals surface area contributed by atoms with Gasteiger partial charge in [-0.25, -0.2) is 0 Å². The second-order valence-electron chi connectivity index (χ2n) is 3.82. The van der Waals surface area contributed by atoms with Gasteiger partial charge in [0.1, 0.15) is 12.0 Å². The zero-order valence-corrected chi connectivity index (χ0v) is 9.86. The molecule has 0 aliphatic heterocycles. The molecule has 0 atom stereocenters. The summed E-state index contributed by atoms with van der Waals surface area (Å²) >= 11 is 0. The van der Waals surface area contributed by atoms with E-state index in [-0.39, 0.29) is 6.10 Å². The Bertz CT molecular complexity index is 408. The van der Waals surface area contributed by atoms with E-state index in [0.29, 0.717) is 17.0 Å². The van der Waals surface area contributed by atoms with Crippen LogP contribution in [-0.4, -0.2) is 12.4 Å². The maximum atomic E-state index is 10.8. The van der Waals surface area contributed by atoms with E-state index in [1.54, 1.807) is 18.2 Å². The first-order chi connectivity index (χ1) is 7.56. The number of nitrogens with two attached hydrogens (primary N) is 1. The fraction of sp³-hybridized carbons (Fsp3) is 0.308. The summed E-state index contributed by atoms with van der Waals surface area (Å²) < 4.78 is 5.55. The normalized spacial score (nSPS) is 11.6. The SMILES string of the molecule is C/C=C(\N)c1cc(C=O)cc(OC(C)C)c1. The molecule has 0 spiro atoms. The topological polar surface area (TPSA) is 52.3 Å². The number of hydrogen-bond acceptors (Lipinski definition) is 3. The highest BCUT2D eigenvalue weighted by molar-refractivity contribution is 5.79. The van der Waals surface area contributed by atoms with Gasteiger partial charge < -0.3 is 10.5 Å². The molecule has 0 aliphatic rings. The summed E-state index contributed by atoms with van der Waals surface area (Å²) in [4.78, 5) is 10.8. The molecule has 0 fully saturated rings. The number of carbonyl (C=O) groups is 1. The van der Waals surface area contributed by atoms with Crippen molar-refractivity contribution in [1.82, 2.24) is 0 Å². The highest BCUT2D eigenvalue weighted by Gasteiger charge is 2.04. The molecule has 0 aromatic heterocycles. The van der Waals surface area contributed by atoms with Gasteiger partial charge in [-0.05, 0) is 39.0 Å². The molecule has 86 valence electrons. The third-order valence-corrected chi connectivity index (χ3v) is 2.08. The smallest absolute Gasteiger partial charge is 0.150 e. The van der Waals surface area contributed by atoms with Crippen molar-refractivity contribution in [3.63, 3.8) is 0 Å². The Morgan fingerprint density at radius 3 is 2.56 bits per heavy atom. The lowest BCUT2D eigenvalue weighted by Gasteiger charge is -2.12. The number of ether oxygens (including phenoxy) is 1. The lowest BCUT2D eigenvalue weighted by atomic mass is 10.1. The predicted octanol–water partition coefficient (Wildman–Crippen LogP) is 2.61. The number of benzene rings is 1. The van der Waals surface area contributed by atoms with Gasteiger partial charge in [-0.3, -0.25) is 4.79 Å². The number of rotatable bonds is 4. The van der Waals surface area contributed by atoms with Crippen LogP contribution < -0.4 is 10.5 Å². The molecule has 3 nitrogen and oxygen atoms in total. The first kappa shape index (κ1) is 12.3. The Hall–Kier alpha value is -1.77. The van der Waals surface area contributed by atoms with Crippen LogP contribution in [0.25, 0.3) is 5.70 Å². The molecule has 1 aromatic carbocycles. The predicted molar refractivity (Wildman–Crippen MR) is 65.4 cm³/mol. The largest absolute Gasteiger partial charge is 0.491 e. The molecule has 0 saturated carbocycles. The second kappa shape index (κ2) is 5.35. The van der Waals surface area contributed by atoms with Crippen molar-refractivity contribution in [3.05, 3.63) is 35.4 Å². The molecule has 0 amide bonds. The van der Waals surface area contributed by atoms with Crippen molar-refractivity contribution in [2.24, 2.45) is 5.73 Å². The number of aldehydes is 1. The molecule has 3 heteroatoms. The molecule has 2 N–H and O–H groups in total. The average Bonchev–Trinajstić information content (AvgIpc) is 2.26. The van der Waals surface area contributed by atoms with E-state index < -0.39 is 0 Å². The molecular formula is C13H17NO2. The molecule has 1 rings (SSSR count). The fourth-order valence-corrected chi connectivity index (χ4v) is 1.36. The first-order valence-electron chi connectivity index (χ1n) is 5.26. The van der Waals surface area contributed by atoms with E-state index in [4.69, 9.17) is 10.5 Å². The van der Waals surface area contributed by atoms with Crippen LogP contribution >= 0.6 is 0 Å². The van der Waals surface area contributed by atoms with Crippen LogP contribution in [0.3, 0.4) is 0 Å². The second-order valence-corrected chi connectivity index (χ2v) is 3.82. The monoisotopic (exact) mass is 219 g/mol. The van der Waals surface area contributed by atoms with Crippen molar-refractivity contribution in [2.75, 3.05) is 0 Å². The average molecular weight is 219 g/mol. The molecule has 0 bridgehead atoms. The van der Waals surface area contributed by atoms with Crippen molar-refractivity contribution in [3.8, 4) is 5.75 Å². The van der Waals surface area contributed by atoms with Gasteiger partial charge in [-0.2, -0.15) is 0 Å². The fourth-order valence-electron chi connectivity index (χ4n) is 1.36. The molecule has 1 aromatic rings. The molecule has 0 radical (unpaired) electrons. The molecule has 0 heterocycles. The highest BCUT2D eigenvalue weighted by atomic mass is 16.5. The van der Waals surface area contributed by atoms with Gasteiger partial charge in [0.25, 0.3) is 0 Å². The van der Waals surface area contributed by atoms with E-state index in [0.717, 1.165) is 11.8 Å². The summed E-state index contributed by atoms with van der Waals surface area (Å²) in [6.45, 7) is 5.73. The third kappa shape index (κ3) is 3.12. The Kier molecular flexibility index (Phi) is 4.11. The molecule has 0 aliphatic carbocycles. The third-order valence-electron chi connectivity index (χ3n) is 2.08. The first-order valence-corrected chi connectivity index (χ1v) is 5.26. The Labute approximate surface area is 95.9 Å². The summed E-state index contributed by atoms with van der Waals surface area (Å²) in [5.74, 6) is 0.666. The summed E-state index contributed by atoms with van der Waals surface area (Å²) in [7, 11) is 0. The highest BCUT2D eigenvalue weighted by Crippen LogP contribution is 2.21. The Balaban J connectivity index is 3.15. The van der Waals surface area contributed by atoms with Crippen LogP contribution in [0.2, 0.25) is 0 Å². The minimum absolute atomic E-state index is 0.0709. The Morgan fingerprint density at radius 1 is 1.38 bits per heavy atom. The lowest BCUT2D eigenvalue weighted by molar-refractivity contribution is 0.112. The van der Waals surface area contributed by atoms with Gasteiger partial charge >= 0.3 is 0 Å². The van der Waals surface area contributed by atoms with Crippen LogP contribution in [0.4, 0.5) is 0 Å². The molecular weight excluding hydrogens is 202 g/mol. The van der Waals surface area contributed by atoms with Crippen molar-refractivity contribution in [2.45, 2.75) is 26.9 Å². The quantitative estimate of drug-likeness (QED) is 0.792. The maximum Gasteiger partial charge on any atom is 0.150 e. The Morgan fingerprint density at radius 2 is 2.06 bits per heavy atom. The van der Waals surface area contributed by atoms with Crippen LogP contribution in [-0.2, 0) is 0 Å². The van der Waals surface area contributed by atoms with E-state index >= 15 is 0 Å². The molecule has 0 saturated heterocycles. The number of hydrogen-bond donors (Lipinski definition) is 1. The zero-order chi connectivity index (χ0) is 12.1. The van der Waals surface area contributed by atoms with E-state index in [2.05, 4.69) is 0 Å². The summed E-state index contributed by atoms with van der Waals surface area (Å²) in [6, 6.07) is 5.29. The molecule has 16 heavy (non-hydrogen) atoms. The van der Waals surface area contributed by atoms with Crippen molar-refractivity contribution < 1.29 is 9.53 Å². The minimum Gasteiger partial charge on any atom is -0.491 e. The number of carbonyl (C=O) groups excluding carboxylic acids is 1. The van der Waals surface area contributed by atoms with Gasteiger partial charge in [0.05, 0.1) is 6.10 Å². The van der Waals surface area contributed by atoms with Gasteiger partial charge in [0, 0.05) is 16.8 Å². The van der Waals surface area contributed by atoms with Crippen LogP contribution in [0.15, 0.2) is 24.3 Å². The van der Waals surface area contributed by atoms with Gasteiger partial charge in [-0.1, -0.05) is 6.08 Å². The van der Waals surface area contributed by atoms with Crippen LogP contribution in [0.1, 0.15) is 36.7 Å². The van der Waals surface area contributed by atoms with Gasteiger partial charge in [0.15, 0.2) is 0 Å². The summed E-state index contributed by atoms with van der Waals surface area (Å²) in [6.07, 6.45) is 2.66. The van der Waals surface area contributed by atoms with Crippen molar-refractivity contribution in [1.29, 1.82) is 0 Å². The van der Waals surface area contributed by atoms with Gasteiger partial charge in [0.2, 0.25) is 0 Å². The van der Waals surface area contributed by atoms with E-state index in [9.17, 15) is 4.79 Å². The summed E-state index contributed by atoms with van der Waals surface area (Å²) in [5, 5.41) is 0. The van der Waals surface area contributed by atoms with Crippen molar-refractivity contribution >= 4 is 12.0 Å². The van der Waals surface area contributed by atoms with E-state index in [1.807, 2.05) is 26.8 Å².